The number of benzene rings is 1. The molecule has 1 heterocycles. The standard InChI is InChI=1S/C13H15Cl2FN4O/c1-3-4-17-7(2)12-19-20-13(21-12)18-8-5-9(14)11(16)10(15)6-8/h5-7,17H,3-4H2,1-2H3,(H,18,20). The molecule has 1 atom stereocenters. The first-order chi connectivity index (χ1) is 10.0. The summed E-state index contributed by atoms with van der Waals surface area (Å²) in [7, 11) is 0. The van der Waals surface area contributed by atoms with E-state index in [-0.39, 0.29) is 22.1 Å². The molecule has 0 aliphatic heterocycles. The van der Waals surface area contributed by atoms with Crippen molar-refractivity contribution in [3.8, 4) is 0 Å². The minimum Gasteiger partial charge on any atom is -0.406 e. The topological polar surface area (TPSA) is 63.0 Å². The summed E-state index contributed by atoms with van der Waals surface area (Å²) in [5, 5.41) is 13.7. The van der Waals surface area contributed by atoms with Crippen molar-refractivity contribution < 1.29 is 8.81 Å². The SMILES string of the molecule is CCCNC(C)c1nnc(Nc2cc(Cl)c(F)c(Cl)c2)o1. The van der Waals surface area contributed by atoms with Gasteiger partial charge in [-0.2, -0.15) is 0 Å². The van der Waals surface area contributed by atoms with Crippen LogP contribution in [0.25, 0.3) is 0 Å². The van der Waals surface area contributed by atoms with E-state index in [0.29, 0.717) is 11.6 Å². The van der Waals surface area contributed by atoms with Crippen LogP contribution in [0.15, 0.2) is 16.5 Å². The molecule has 1 aromatic heterocycles. The van der Waals surface area contributed by atoms with E-state index in [9.17, 15) is 4.39 Å². The van der Waals surface area contributed by atoms with Crippen molar-refractivity contribution >= 4 is 34.9 Å². The Kier molecular flexibility index (Phi) is 5.39. The van der Waals surface area contributed by atoms with Crippen molar-refractivity contribution in [1.82, 2.24) is 15.5 Å². The molecule has 0 radical (unpaired) electrons. The van der Waals surface area contributed by atoms with Crippen LogP contribution in [0.4, 0.5) is 16.1 Å². The van der Waals surface area contributed by atoms with Crippen LogP contribution in [-0.2, 0) is 0 Å². The highest BCUT2D eigenvalue weighted by molar-refractivity contribution is 6.35. The van der Waals surface area contributed by atoms with Gasteiger partial charge in [-0.3, -0.25) is 0 Å². The summed E-state index contributed by atoms with van der Waals surface area (Å²) in [6.45, 7) is 4.86. The van der Waals surface area contributed by atoms with Gasteiger partial charge in [-0.15, -0.1) is 5.10 Å². The highest BCUT2D eigenvalue weighted by atomic mass is 35.5. The van der Waals surface area contributed by atoms with E-state index in [2.05, 4.69) is 27.8 Å². The Morgan fingerprint density at radius 1 is 1.29 bits per heavy atom. The Hall–Kier alpha value is -1.37. The van der Waals surface area contributed by atoms with Crippen LogP contribution in [0.2, 0.25) is 10.0 Å². The molecule has 0 aliphatic carbocycles. The van der Waals surface area contributed by atoms with Crippen LogP contribution in [0.5, 0.6) is 0 Å². The minimum atomic E-state index is -0.660. The fourth-order valence-corrected chi connectivity index (χ4v) is 2.15. The zero-order valence-corrected chi connectivity index (χ0v) is 13.1. The number of anilines is 2. The lowest BCUT2D eigenvalue weighted by molar-refractivity contribution is 0.424. The van der Waals surface area contributed by atoms with Gasteiger partial charge >= 0.3 is 6.01 Å². The molecule has 0 bridgehead atoms. The molecule has 0 saturated heterocycles. The first-order valence-corrected chi connectivity index (χ1v) is 7.25. The quantitative estimate of drug-likeness (QED) is 0.771. The maximum atomic E-state index is 13.3. The molecule has 0 amide bonds. The zero-order chi connectivity index (χ0) is 15.4. The van der Waals surface area contributed by atoms with Crippen molar-refractivity contribution in [3.63, 3.8) is 0 Å². The fourth-order valence-electron chi connectivity index (χ4n) is 1.66. The van der Waals surface area contributed by atoms with E-state index in [1.807, 2.05) is 6.92 Å². The summed E-state index contributed by atoms with van der Waals surface area (Å²) >= 11 is 11.4. The largest absolute Gasteiger partial charge is 0.406 e. The number of nitrogens with one attached hydrogen (secondary N) is 2. The lowest BCUT2D eigenvalue weighted by Gasteiger charge is -2.07. The van der Waals surface area contributed by atoms with E-state index < -0.39 is 5.82 Å². The predicted molar refractivity (Wildman–Crippen MR) is 80.7 cm³/mol. The first kappa shape index (κ1) is 16.0. The van der Waals surface area contributed by atoms with Crippen molar-refractivity contribution in [1.29, 1.82) is 0 Å². The third kappa shape index (κ3) is 4.06. The van der Waals surface area contributed by atoms with Crippen molar-refractivity contribution in [2.24, 2.45) is 0 Å². The molecule has 8 heteroatoms. The number of hydrogen-bond acceptors (Lipinski definition) is 5. The smallest absolute Gasteiger partial charge is 0.320 e. The Morgan fingerprint density at radius 2 is 1.95 bits per heavy atom. The van der Waals surface area contributed by atoms with E-state index in [4.69, 9.17) is 27.6 Å². The highest BCUT2D eigenvalue weighted by Crippen LogP contribution is 2.29. The van der Waals surface area contributed by atoms with Crippen molar-refractivity contribution in [2.45, 2.75) is 26.3 Å². The highest BCUT2D eigenvalue weighted by Gasteiger charge is 2.14. The number of aromatic nitrogens is 2. The number of rotatable bonds is 6. The van der Waals surface area contributed by atoms with Crippen LogP contribution in [0, 0.1) is 5.82 Å². The molecule has 5 nitrogen and oxygen atoms in total. The van der Waals surface area contributed by atoms with Gasteiger partial charge in [-0.1, -0.05) is 35.2 Å². The molecule has 21 heavy (non-hydrogen) atoms. The normalized spacial score (nSPS) is 12.4. The van der Waals surface area contributed by atoms with Gasteiger partial charge in [0.1, 0.15) is 0 Å². The van der Waals surface area contributed by atoms with Gasteiger partial charge in [0.15, 0.2) is 5.82 Å². The molecular weight excluding hydrogens is 318 g/mol. The summed E-state index contributed by atoms with van der Waals surface area (Å²) in [5.74, 6) is -0.197. The average Bonchev–Trinajstić information content (AvgIpc) is 2.90. The van der Waals surface area contributed by atoms with Gasteiger partial charge in [0, 0.05) is 5.69 Å². The van der Waals surface area contributed by atoms with Crippen LogP contribution >= 0.6 is 23.2 Å². The molecule has 0 fully saturated rings. The molecule has 0 saturated carbocycles. The molecule has 2 aromatic rings. The first-order valence-electron chi connectivity index (χ1n) is 6.49. The molecule has 1 aromatic carbocycles. The van der Waals surface area contributed by atoms with E-state index in [0.717, 1.165) is 13.0 Å². The average molecular weight is 333 g/mol. The fraction of sp³-hybridized carbons (Fsp3) is 0.385. The van der Waals surface area contributed by atoms with E-state index in [1.165, 1.54) is 12.1 Å². The Bertz CT molecular complexity index is 597. The van der Waals surface area contributed by atoms with Crippen LogP contribution in [0.3, 0.4) is 0 Å². The number of hydrogen-bond donors (Lipinski definition) is 2. The van der Waals surface area contributed by atoms with Crippen LogP contribution in [-0.4, -0.2) is 16.7 Å². The second-order valence-corrected chi connectivity index (χ2v) is 5.31. The third-order valence-corrected chi connectivity index (χ3v) is 3.30. The van der Waals surface area contributed by atoms with Gasteiger partial charge in [0.2, 0.25) is 5.89 Å². The molecule has 0 aliphatic rings. The second-order valence-electron chi connectivity index (χ2n) is 4.50. The lowest BCUT2D eigenvalue weighted by atomic mass is 10.3. The Labute approximate surface area is 131 Å². The van der Waals surface area contributed by atoms with Gasteiger partial charge in [0.05, 0.1) is 16.1 Å². The molecular formula is C13H15Cl2FN4O. The summed E-state index contributed by atoms with van der Waals surface area (Å²) in [6.07, 6.45) is 1.01. The van der Waals surface area contributed by atoms with Gasteiger partial charge in [0.25, 0.3) is 0 Å². The van der Waals surface area contributed by atoms with Crippen molar-refractivity contribution in [3.05, 3.63) is 33.9 Å². The van der Waals surface area contributed by atoms with Crippen LogP contribution < -0.4 is 10.6 Å². The van der Waals surface area contributed by atoms with Gasteiger partial charge in [-0.25, -0.2) is 4.39 Å². The number of nitrogens with zero attached hydrogens (tertiary/aromatic N) is 2. The molecule has 2 rings (SSSR count). The molecule has 114 valence electrons. The monoisotopic (exact) mass is 332 g/mol. The van der Waals surface area contributed by atoms with E-state index in [1.54, 1.807) is 0 Å². The van der Waals surface area contributed by atoms with Crippen LogP contribution in [0.1, 0.15) is 32.2 Å². The zero-order valence-electron chi connectivity index (χ0n) is 11.6. The Balaban J connectivity index is 2.09. The van der Waals surface area contributed by atoms with Crippen molar-refractivity contribution in [2.75, 3.05) is 11.9 Å². The molecule has 2 N–H and O–H groups in total. The summed E-state index contributed by atoms with van der Waals surface area (Å²) < 4.78 is 18.8. The van der Waals surface area contributed by atoms with Gasteiger partial charge < -0.3 is 15.1 Å². The second kappa shape index (κ2) is 7.06. The summed E-state index contributed by atoms with van der Waals surface area (Å²) in [6, 6.07) is 2.93. The lowest BCUT2D eigenvalue weighted by Crippen LogP contribution is -2.19. The predicted octanol–water partition coefficient (Wildman–Crippen LogP) is 4.32. The summed E-state index contributed by atoms with van der Waals surface area (Å²) in [5.41, 5.74) is 0.468. The third-order valence-electron chi connectivity index (χ3n) is 2.75. The maximum absolute atomic E-state index is 13.3. The van der Waals surface area contributed by atoms with Gasteiger partial charge in [-0.05, 0) is 32.0 Å². The summed E-state index contributed by atoms with van der Waals surface area (Å²) in [4.78, 5) is 0. The van der Waals surface area contributed by atoms with E-state index >= 15 is 0 Å². The minimum absolute atomic E-state index is 0.0478. The Morgan fingerprint density at radius 3 is 2.57 bits per heavy atom. The maximum Gasteiger partial charge on any atom is 0.320 e. The number of halogens is 3. The molecule has 0 spiro atoms. The molecule has 1 unspecified atom stereocenters.